The zero-order chi connectivity index (χ0) is 112. The average Bonchev–Trinajstić information content (AvgIpc) is 0.910. The Morgan fingerprint density at radius 2 is 0.490 bits per heavy atom. The molecule has 0 aliphatic rings. The molecule has 2 aromatic rings. The Morgan fingerprint density at radius 3 is 0.752 bits per heavy atom. The number of nitrogens with one attached hydrogen (secondary N) is 19. The van der Waals surface area contributed by atoms with Crippen molar-refractivity contribution in [2.75, 3.05) is 85.1 Å². The molecule has 45 nitrogen and oxygen atoms in total. The summed E-state index contributed by atoms with van der Waals surface area (Å²) in [6.45, 7) is 44.0. The Bertz CT molecular complexity index is 4220. The summed E-state index contributed by atoms with van der Waals surface area (Å²) in [6.07, 6.45) is 1.51. The van der Waals surface area contributed by atoms with Gasteiger partial charge in [-0.1, -0.05) is 42.5 Å². The van der Waals surface area contributed by atoms with Crippen molar-refractivity contribution in [2.24, 2.45) is 0 Å². The highest BCUT2D eigenvalue weighted by Gasteiger charge is 2.33. The second kappa shape index (κ2) is 68.2. The summed E-state index contributed by atoms with van der Waals surface area (Å²) in [5.41, 5.74) is -4.91. The van der Waals surface area contributed by atoms with Gasteiger partial charge in [0.15, 0.2) is 11.9 Å². The lowest BCUT2D eigenvalue weighted by Gasteiger charge is -2.25. The van der Waals surface area contributed by atoms with Crippen molar-refractivity contribution in [3.8, 4) is 5.75 Å². The van der Waals surface area contributed by atoms with Crippen molar-refractivity contribution in [3.63, 3.8) is 0 Å². The predicted molar refractivity (Wildman–Crippen MR) is 565 cm³/mol. The van der Waals surface area contributed by atoms with Gasteiger partial charge >= 0.3 is 54.8 Å². The Balaban J connectivity index is 2.29. The molecule has 0 aliphatic heterocycles. The van der Waals surface area contributed by atoms with E-state index in [1.165, 1.54) is 0 Å². The Morgan fingerprint density at radius 1 is 0.255 bits per heavy atom. The minimum Gasteiger partial charge on any atom is -0.492 e. The van der Waals surface area contributed by atoms with E-state index in [-0.39, 0.29) is 116 Å². The number of unbranched alkanes of at least 4 members (excludes halogenated alkanes) is 7. The standard InChI is InChI=1S/C104H180N20O25/c1-97(2,3)142-89(132)116-74(47-29-36-57-109-82(127)76(118-91(134)144-99(7,8)9)51-33-40-61-113-86(105)122-95(138)148-103(19,20)21)80(125)107-59-38-31-49-78(120-93(136)146-101(13,14)15)84(129)111-64-42-66-124(68-69-140-73-55-53-71(54-56-73)44-28-35-63-115-88(131)141-70-72-45-26-25-27-46-72)67-43-65-112-85(130)79(121-94(137)147-102(16,17)18)50-32-39-60-108-81(126)75(117-90(133)143-98(4,5)6)48-30-37-58-110-83(128)77(119-92(135)145-100(10,11)12)52-34-41-62-114-87(106)123-96(139)149-104(22,23)24/h25-27,45-46,53-56,74-79H,28-44,47-52,57-70H2,1-24H3,(H,107,125)(H,108,126)(H,109,127)(H,110,128)(H,111,129)(H,112,130)(H,115,131)(H,116,132)(H,117,133)(H,118,134)(H,119,135)(H,120,136)(H,121,137)(H3,105,113,122,138)(H3,106,114,123,139)/t74-,75-,76-,77-,78-,79-/m0/s1. The molecule has 0 heterocycles. The SMILES string of the molecule is CC(C)(C)OC(=O)NC(=N)NCCCC[C@H](NC(=O)OC(C)(C)C)C(=O)NCCCC[C@H](NC(=O)OC(C)(C)C)C(=O)NCCCC[C@H](NC(=O)OC(C)(C)C)C(=O)NCCCN(CCCNC(=O)[C@H](CCCCNC(=O)[C@H](CCCCNC(=O)[C@H](CCCCNC(=N)NC(=O)OC(C)(C)C)NC(=O)OC(C)(C)C)NC(=O)OC(C)(C)C)NC(=O)OC(C)(C)C)CCOc1ccc(CCCCNC(=O)OCc2ccccc2)cc1. The monoisotopic (exact) mass is 2110 g/mol. The summed E-state index contributed by atoms with van der Waals surface area (Å²) in [7, 11) is 0. The second-order valence-electron chi connectivity index (χ2n) is 44.3. The van der Waals surface area contributed by atoms with Gasteiger partial charge in [0, 0.05) is 65.4 Å². The molecule has 0 aromatic heterocycles. The Hall–Kier alpha value is -12.6. The molecule has 15 amide bonds. The van der Waals surface area contributed by atoms with Gasteiger partial charge in [-0.15, -0.1) is 0 Å². The first-order valence-electron chi connectivity index (χ1n) is 52.0. The van der Waals surface area contributed by atoms with Crippen LogP contribution in [0.2, 0.25) is 0 Å². The number of hydrogen-bond acceptors (Lipinski definition) is 28. The van der Waals surface area contributed by atoms with E-state index in [1.54, 1.807) is 166 Å². The average molecular weight is 2110 g/mol. The number of rotatable bonds is 61. The summed E-state index contributed by atoms with van der Waals surface area (Å²) in [5, 5.41) is 62.5. The molecule has 0 unspecified atom stereocenters. The number of guanidine groups is 2. The van der Waals surface area contributed by atoms with E-state index in [4.69, 9.17) is 58.2 Å². The van der Waals surface area contributed by atoms with Gasteiger partial charge in [0.25, 0.3) is 0 Å². The fourth-order valence-electron chi connectivity index (χ4n) is 13.9. The maximum Gasteiger partial charge on any atom is 0.414 e. The zero-order valence-electron chi connectivity index (χ0n) is 93.0. The largest absolute Gasteiger partial charge is 0.492 e. The van der Waals surface area contributed by atoms with Gasteiger partial charge in [-0.2, -0.15) is 0 Å². The van der Waals surface area contributed by atoms with Crippen LogP contribution in [-0.4, -0.2) is 273 Å². The van der Waals surface area contributed by atoms with Gasteiger partial charge < -0.3 is 127 Å². The van der Waals surface area contributed by atoms with Crippen molar-refractivity contribution in [1.29, 1.82) is 10.8 Å². The van der Waals surface area contributed by atoms with Crippen LogP contribution in [0, 0.1) is 10.8 Å². The molecule has 19 N–H and O–H groups in total. The molecule has 0 radical (unpaired) electrons. The highest BCUT2D eigenvalue weighted by molar-refractivity contribution is 5.93. The molecule has 45 heteroatoms. The fraction of sp³-hybridized carbons (Fsp3) is 0.721. The zero-order valence-corrected chi connectivity index (χ0v) is 93.0. The Labute approximate surface area is 881 Å². The lowest BCUT2D eigenvalue weighted by atomic mass is 10.1. The van der Waals surface area contributed by atoms with Crippen molar-refractivity contribution in [1.82, 2.24) is 95.3 Å². The molecular weight excluding hydrogens is 1930 g/mol. The maximum absolute atomic E-state index is 14.2. The van der Waals surface area contributed by atoms with Crippen LogP contribution in [0.5, 0.6) is 5.75 Å². The van der Waals surface area contributed by atoms with Gasteiger partial charge in [-0.05, 0) is 350 Å². The number of aryl methyl sites for hydroxylation is 1. The van der Waals surface area contributed by atoms with Crippen LogP contribution in [0.1, 0.15) is 319 Å². The van der Waals surface area contributed by atoms with Crippen molar-refractivity contribution in [2.45, 2.75) is 402 Å². The van der Waals surface area contributed by atoms with Crippen molar-refractivity contribution >= 4 is 102 Å². The maximum atomic E-state index is 14.2. The highest BCUT2D eigenvalue weighted by Crippen LogP contribution is 2.20. The van der Waals surface area contributed by atoms with Gasteiger partial charge in [0.2, 0.25) is 35.4 Å². The quantitative estimate of drug-likeness (QED) is 0.0127. The minimum absolute atomic E-state index is 0.107. The van der Waals surface area contributed by atoms with Crippen LogP contribution in [0.15, 0.2) is 54.6 Å². The number of benzene rings is 2. The molecule has 6 atom stereocenters. The number of alkyl carbamates (subject to hydrolysis) is 9. The van der Waals surface area contributed by atoms with Crippen LogP contribution in [0.4, 0.5) is 43.2 Å². The van der Waals surface area contributed by atoms with Gasteiger partial charge in [-0.25, -0.2) is 43.2 Å². The summed E-state index contributed by atoms with van der Waals surface area (Å²) in [5.74, 6) is -2.92. The minimum atomic E-state index is -1.08. The van der Waals surface area contributed by atoms with Crippen LogP contribution < -0.4 is 95.1 Å². The number of carbonyl (C=O) groups excluding carboxylic acids is 15. The summed E-state index contributed by atoms with van der Waals surface area (Å²) >= 11 is 0. The van der Waals surface area contributed by atoms with E-state index >= 15 is 0 Å². The molecule has 0 fully saturated rings. The lowest BCUT2D eigenvalue weighted by molar-refractivity contribution is -0.124. The highest BCUT2D eigenvalue weighted by atomic mass is 16.6. The van der Waals surface area contributed by atoms with E-state index in [9.17, 15) is 71.9 Å². The lowest BCUT2D eigenvalue weighted by Crippen LogP contribution is -2.49. The molecular formula is C104H180N20O25. The third-order valence-corrected chi connectivity index (χ3v) is 20.5. The molecule has 0 aliphatic carbocycles. The van der Waals surface area contributed by atoms with Crippen LogP contribution in [0.3, 0.4) is 0 Å². The summed E-state index contributed by atoms with van der Waals surface area (Å²) < 4.78 is 55.1. The van der Waals surface area contributed by atoms with Gasteiger partial charge in [-0.3, -0.25) is 55.1 Å². The smallest absolute Gasteiger partial charge is 0.414 e. The van der Waals surface area contributed by atoms with E-state index < -0.39 is 171 Å². The van der Waals surface area contributed by atoms with E-state index in [0.717, 1.165) is 30.4 Å². The van der Waals surface area contributed by atoms with Crippen LogP contribution in [-0.2, 0) is 84.4 Å². The van der Waals surface area contributed by atoms with Crippen molar-refractivity contribution in [3.05, 3.63) is 65.7 Å². The summed E-state index contributed by atoms with van der Waals surface area (Å²) in [4.78, 5) is 201. The molecule has 0 bridgehead atoms. The predicted octanol–water partition coefficient (Wildman–Crippen LogP) is 12.6. The summed E-state index contributed by atoms with van der Waals surface area (Å²) in [6, 6.07) is 10.8. The number of amides is 15. The Kier molecular flexibility index (Phi) is 60.6. The second-order valence-corrected chi connectivity index (χ2v) is 44.3. The molecule has 846 valence electrons. The molecule has 0 saturated carbocycles. The molecule has 2 rings (SSSR count). The number of ether oxygens (including phenoxy) is 10. The van der Waals surface area contributed by atoms with E-state index in [1.807, 2.05) is 54.6 Å². The van der Waals surface area contributed by atoms with Gasteiger partial charge in [0.1, 0.15) is 100 Å². The molecule has 149 heavy (non-hydrogen) atoms. The third-order valence-electron chi connectivity index (χ3n) is 20.5. The van der Waals surface area contributed by atoms with E-state index in [0.29, 0.717) is 122 Å². The van der Waals surface area contributed by atoms with Crippen LogP contribution in [0.25, 0.3) is 0 Å². The molecule has 0 saturated heterocycles. The first-order valence-corrected chi connectivity index (χ1v) is 52.0. The third kappa shape index (κ3) is 72.4. The van der Waals surface area contributed by atoms with Crippen LogP contribution >= 0.6 is 0 Å². The topological polar surface area (TPSA) is 604 Å². The molecule has 0 spiro atoms. The van der Waals surface area contributed by atoms with E-state index in [2.05, 4.69) is 95.3 Å². The van der Waals surface area contributed by atoms with Crippen molar-refractivity contribution < 1.29 is 119 Å². The number of nitrogens with zero attached hydrogens (tertiary/aromatic N) is 1. The number of hydrogen-bond donors (Lipinski definition) is 19. The number of carbonyl (C=O) groups is 15. The fourth-order valence-corrected chi connectivity index (χ4v) is 13.9. The van der Waals surface area contributed by atoms with Gasteiger partial charge in [0.05, 0.1) is 0 Å². The normalized spacial score (nSPS) is 13.0. The molecule has 2 aromatic carbocycles. The first kappa shape index (κ1) is 132. The first-order chi connectivity index (χ1) is 69.4.